The molecule has 1 amide bonds. The highest BCUT2D eigenvalue weighted by Crippen LogP contribution is 2.23. The Morgan fingerprint density at radius 2 is 2.11 bits per heavy atom. The highest BCUT2D eigenvalue weighted by molar-refractivity contribution is 7.98. The van der Waals surface area contributed by atoms with Gasteiger partial charge in [-0.3, -0.25) is 4.79 Å². The van der Waals surface area contributed by atoms with Gasteiger partial charge in [0.2, 0.25) is 0 Å². The van der Waals surface area contributed by atoms with Gasteiger partial charge in [0.1, 0.15) is 0 Å². The van der Waals surface area contributed by atoms with E-state index in [9.17, 15) is 4.79 Å². The van der Waals surface area contributed by atoms with Crippen molar-refractivity contribution in [1.82, 2.24) is 0 Å². The van der Waals surface area contributed by atoms with Crippen molar-refractivity contribution in [3.8, 4) is 0 Å². The number of nitrogens with two attached hydrogens (primary N) is 2. The van der Waals surface area contributed by atoms with E-state index >= 15 is 0 Å². The molecule has 0 unspecified atom stereocenters. The lowest BCUT2D eigenvalue weighted by Crippen LogP contribution is -2.16. The first-order chi connectivity index (χ1) is 8.66. The maximum atomic E-state index is 11.3. The Hall–Kier alpha value is -1.36. The first-order valence-electron chi connectivity index (χ1n) is 6.08. The topological polar surface area (TPSA) is 81.1 Å². The zero-order valence-electron chi connectivity index (χ0n) is 10.7. The molecular formula is C13H21N3OS. The fourth-order valence-electron chi connectivity index (χ4n) is 1.73. The molecule has 0 bridgehead atoms. The minimum absolute atomic E-state index is 0.452. The van der Waals surface area contributed by atoms with Crippen LogP contribution in [0.5, 0.6) is 0 Å². The molecule has 18 heavy (non-hydrogen) atoms. The Morgan fingerprint density at radius 3 is 2.78 bits per heavy atom. The number of carbonyl (C=O) groups excluding carboxylic acids is 1. The second kappa shape index (κ2) is 7.87. The van der Waals surface area contributed by atoms with E-state index in [1.165, 1.54) is 18.6 Å². The number of nitrogen functional groups attached to an aromatic ring is 1. The minimum atomic E-state index is -0.452. The number of para-hydroxylation sites is 1. The van der Waals surface area contributed by atoms with Gasteiger partial charge in [-0.25, -0.2) is 0 Å². The van der Waals surface area contributed by atoms with Crippen molar-refractivity contribution < 1.29 is 4.79 Å². The third kappa shape index (κ3) is 4.49. The van der Waals surface area contributed by atoms with Gasteiger partial charge in [0.05, 0.1) is 16.9 Å². The van der Waals surface area contributed by atoms with Gasteiger partial charge in [-0.15, -0.1) is 0 Å². The molecule has 0 saturated heterocycles. The number of rotatable bonds is 8. The lowest BCUT2D eigenvalue weighted by Gasteiger charge is -2.12. The molecule has 5 N–H and O–H groups in total. The summed E-state index contributed by atoms with van der Waals surface area (Å²) in [5, 5.41) is 3.21. The largest absolute Gasteiger partial charge is 0.397 e. The lowest BCUT2D eigenvalue weighted by molar-refractivity contribution is 0.100. The Labute approximate surface area is 113 Å². The summed E-state index contributed by atoms with van der Waals surface area (Å²) in [5.74, 6) is 0.743. The summed E-state index contributed by atoms with van der Waals surface area (Å²) in [5.41, 5.74) is 12.8. The van der Waals surface area contributed by atoms with Crippen LogP contribution in [-0.2, 0) is 0 Å². The molecule has 1 rings (SSSR count). The van der Waals surface area contributed by atoms with E-state index in [1.54, 1.807) is 18.2 Å². The van der Waals surface area contributed by atoms with Gasteiger partial charge in [-0.1, -0.05) is 12.5 Å². The van der Waals surface area contributed by atoms with E-state index in [1.807, 2.05) is 11.8 Å². The first-order valence-corrected chi connectivity index (χ1v) is 7.47. The number of carbonyl (C=O) groups is 1. The molecule has 0 atom stereocenters. The zero-order chi connectivity index (χ0) is 13.4. The van der Waals surface area contributed by atoms with Crippen LogP contribution in [0.15, 0.2) is 18.2 Å². The SMILES string of the molecule is CSCCCCCNc1c(N)cccc1C(N)=O. The Balaban J connectivity index is 2.48. The van der Waals surface area contributed by atoms with Crippen molar-refractivity contribution in [1.29, 1.82) is 0 Å². The highest BCUT2D eigenvalue weighted by atomic mass is 32.2. The van der Waals surface area contributed by atoms with Gasteiger partial charge in [0, 0.05) is 6.54 Å². The van der Waals surface area contributed by atoms with Crippen molar-refractivity contribution in [3.05, 3.63) is 23.8 Å². The first kappa shape index (κ1) is 14.7. The maximum Gasteiger partial charge on any atom is 0.250 e. The summed E-state index contributed by atoms with van der Waals surface area (Å²) < 4.78 is 0. The second-order valence-corrected chi connectivity index (χ2v) is 5.10. The standard InChI is InChI=1S/C13H21N3OS/c1-18-9-4-2-3-8-16-12-10(13(15)17)6-5-7-11(12)14/h5-7,16H,2-4,8-9,14H2,1H3,(H2,15,17). The Bertz CT molecular complexity index is 396. The lowest BCUT2D eigenvalue weighted by atomic mass is 10.1. The molecule has 0 saturated carbocycles. The number of nitrogens with one attached hydrogen (secondary N) is 1. The quantitative estimate of drug-likeness (QED) is 0.499. The maximum absolute atomic E-state index is 11.3. The predicted molar refractivity (Wildman–Crippen MR) is 80.1 cm³/mol. The van der Waals surface area contributed by atoms with Crippen molar-refractivity contribution in [2.24, 2.45) is 5.73 Å². The molecule has 100 valence electrons. The van der Waals surface area contributed by atoms with Crippen LogP contribution in [0.1, 0.15) is 29.6 Å². The van der Waals surface area contributed by atoms with E-state index in [0.717, 1.165) is 13.0 Å². The summed E-state index contributed by atoms with van der Waals surface area (Å²) in [6.07, 6.45) is 5.57. The molecule has 0 aliphatic heterocycles. The molecule has 1 aromatic carbocycles. The van der Waals surface area contributed by atoms with Crippen LogP contribution in [-0.4, -0.2) is 24.5 Å². The van der Waals surface area contributed by atoms with Crippen molar-refractivity contribution >= 4 is 29.0 Å². The predicted octanol–water partition coefficient (Wildman–Crippen LogP) is 2.31. The Morgan fingerprint density at radius 1 is 1.33 bits per heavy atom. The van der Waals surface area contributed by atoms with Gasteiger partial charge in [-0.05, 0) is 37.0 Å². The van der Waals surface area contributed by atoms with E-state index in [2.05, 4.69) is 11.6 Å². The van der Waals surface area contributed by atoms with E-state index in [4.69, 9.17) is 11.5 Å². The summed E-state index contributed by atoms with van der Waals surface area (Å²) in [4.78, 5) is 11.3. The fraction of sp³-hybridized carbons (Fsp3) is 0.462. The average Bonchev–Trinajstić information content (AvgIpc) is 2.34. The van der Waals surface area contributed by atoms with Crippen LogP contribution in [0.25, 0.3) is 0 Å². The number of anilines is 2. The molecule has 0 radical (unpaired) electrons. The fourth-order valence-corrected chi connectivity index (χ4v) is 2.23. The molecule has 0 aliphatic rings. The number of primary amides is 1. The number of hydrogen-bond acceptors (Lipinski definition) is 4. The highest BCUT2D eigenvalue weighted by Gasteiger charge is 2.09. The Kier molecular flexibility index (Phi) is 6.43. The van der Waals surface area contributed by atoms with Crippen LogP contribution in [0.4, 0.5) is 11.4 Å². The molecule has 1 aromatic rings. The molecule has 0 fully saturated rings. The van der Waals surface area contributed by atoms with Crippen molar-refractivity contribution in [2.75, 3.05) is 29.6 Å². The average molecular weight is 267 g/mol. The van der Waals surface area contributed by atoms with Crippen LogP contribution in [0.2, 0.25) is 0 Å². The molecular weight excluding hydrogens is 246 g/mol. The third-order valence-electron chi connectivity index (χ3n) is 2.69. The monoisotopic (exact) mass is 267 g/mol. The smallest absolute Gasteiger partial charge is 0.250 e. The van der Waals surface area contributed by atoms with Gasteiger partial charge in [0.15, 0.2) is 0 Å². The number of thioether (sulfide) groups is 1. The molecule has 4 nitrogen and oxygen atoms in total. The van der Waals surface area contributed by atoms with Gasteiger partial charge in [0.25, 0.3) is 5.91 Å². The normalized spacial score (nSPS) is 10.3. The summed E-state index contributed by atoms with van der Waals surface area (Å²) in [7, 11) is 0. The molecule has 0 aliphatic carbocycles. The summed E-state index contributed by atoms with van der Waals surface area (Å²) >= 11 is 1.86. The minimum Gasteiger partial charge on any atom is -0.397 e. The van der Waals surface area contributed by atoms with Crippen LogP contribution in [0, 0.1) is 0 Å². The van der Waals surface area contributed by atoms with Crippen molar-refractivity contribution in [3.63, 3.8) is 0 Å². The number of amides is 1. The van der Waals surface area contributed by atoms with Crippen molar-refractivity contribution in [2.45, 2.75) is 19.3 Å². The van der Waals surface area contributed by atoms with E-state index in [0.29, 0.717) is 16.9 Å². The second-order valence-electron chi connectivity index (χ2n) is 4.11. The molecule has 5 heteroatoms. The number of benzene rings is 1. The zero-order valence-corrected chi connectivity index (χ0v) is 11.6. The summed E-state index contributed by atoms with van der Waals surface area (Å²) in [6.45, 7) is 0.808. The third-order valence-corrected chi connectivity index (χ3v) is 3.39. The van der Waals surface area contributed by atoms with Gasteiger partial charge in [-0.2, -0.15) is 11.8 Å². The number of unbranched alkanes of at least 4 members (excludes halogenated alkanes) is 2. The van der Waals surface area contributed by atoms with E-state index in [-0.39, 0.29) is 0 Å². The van der Waals surface area contributed by atoms with Crippen LogP contribution in [0.3, 0.4) is 0 Å². The molecule has 0 heterocycles. The number of hydrogen-bond donors (Lipinski definition) is 3. The summed E-state index contributed by atoms with van der Waals surface area (Å²) in [6, 6.07) is 5.19. The van der Waals surface area contributed by atoms with Crippen LogP contribution < -0.4 is 16.8 Å². The van der Waals surface area contributed by atoms with Gasteiger partial charge >= 0.3 is 0 Å². The van der Waals surface area contributed by atoms with Crippen LogP contribution >= 0.6 is 11.8 Å². The molecule has 0 spiro atoms. The van der Waals surface area contributed by atoms with Gasteiger partial charge < -0.3 is 16.8 Å². The van der Waals surface area contributed by atoms with E-state index < -0.39 is 5.91 Å². The molecule has 0 aromatic heterocycles.